The van der Waals surface area contributed by atoms with E-state index in [-0.39, 0.29) is 0 Å². The molecule has 1 saturated carbocycles. The number of ether oxygens (including phenoxy) is 1. The monoisotopic (exact) mass is 359 g/mol. The van der Waals surface area contributed by atoms with Gasteiger partial charge in [-0.15, -0.1) is 0 Å². The number of nitrogens with one attached hydrogen (secondary N) is 3. The van der Waals surface area contributed by atoms with Gasteiger partial charge in [-0.25, -0.2) is 4.98 Å². The second-order valence-corrected chi connectivity index (χ2v) is 6.96. The minimum atomic E-state index is 0.500. The molecule has 3 aromatic rings. The number of aromatic nitrogens is 2. The summed E-state index contributed by atoms with van der Waals surface area (Å²) in [5.41, 5.74) is 5.45. The van der Waals surface area contributed by atoms with E-state index in [2.05, 4.69) is 55.9 Å². The van der Waals surface area contributed by atoms with Crippen molar-refractivity contribution in [1.29, 1.82) is 0 Å². The molecule has 2 heterocycles. The van der Waals surface area contributed by atoms with Crippen molar-refractivity contribution in [3.05, 3.63) is 71.8 Å². The molecule has 0 bridgehead atoms. The van der Waals surface area contributed by atoms with Gasteiger partial charge in [0.15, 0.2) is 0 Å². The van der Waals surface area contributed by atoms with Gasteiger partial charge in [0.1, 0.15) is 12.4 Å². The van der Waals surface area contributed by atoms with E-state index in [1.54, 1.807) is 6.20 Å². The van der Waals surface area contributed by atoms with Gasteiger partial charge in [0.25, 0.3) is 6.02 Å². The minimum absolute atomic E-state index is 0.500. The quantitative estimate of drug-likeness (QED) is 0.626. The van der Waals surface area contributed by atoms with Crippen LogP contribution in [0, 0.1) is 0 Å². The molecule has 6 nitrogen and oxygen atoms in total. The second kappa shape index (κ2) is 6.79. The zero-order valence-electron chi connectivity index (χ0n) is 14.9. The second-order valence-electron chi connectivity index (χ2n) is 6.96. The number of nitrogens with zero attached hydrogens (tertiary/aromatic N) is 2. The van der Waals surface area contributed by atoms with E-state index in [0.29, 0.717) is 19.2 Å². The fourth-order valence-corrected chi connectivity index (χ4v) is 3.26. The molecular formula is C21H21N5O. The van der Waals surface area contributed by atoms with E-state index in [0.717, 1.165) is 34.4 Å². The van der Waals surface area contributed by atoms with Crippen molar-refractivity contribution in [3.63, 3.8) is 0 Å². The Balaban J connectivity index is 1.28. The van der Waals surface area contributed by atoms with Gasteiger partial charge in [-0.3, -0.25) is 0 Å². The number of fused-ring (bicyclic) bond motifs is 1. The topological polar surface area (TPSA) is 74.3 Å². The van der Waals surface area contributed by atoms with Crippen LogP contribution in [-0.4, -0.2) is 16.0 Å². The summed E-state index contributed by atoms with van der Waals surface area (Å²) in [6, 6.07) is 15.2. The Morgan fingerprint density at radius 3 is 2.93 bits per heavy atom. The van der Waals surface area contributed by atoms with E-state index >= 15 is 0 Å². The summed E-state index contributed by atoms with van der Waals surface area (Å²) in [5, 5.41) is 6.66. The first-order valence-corrected chi connectivity index (χ1v) is 9.27. The highest BCUT2D eigenvalue weighted by atomic mass is 16.5. The zero-order chi connectivity index (χ0) is 18.1. The molecule has 0 unspecified atom stereocenters. The van der Waals surface area contributed by atoms with Crippen LogP contribution in [0.4, 0.5) is 17.1 Å². The van der Waals surface area contributed by atoms with Crippen LogP contribution in [0.2, 0.25) is 0 Å². The third kappa shape index (κ3) is 3.65. The van der Waals surface area contributed by atoms with Crippen molar-refractivity contribution in [3.8, 4) is 0 Å². The fraction of sp³-hybridized carbons (Fsp3) is 0.238. The summed E-state index contributed by atoms with van der Waals surface area (Å²) in [6.07, 6.45) is 6.16. The van der Waals surface area contributed by atoms with Crippen molar-refractivity contribution in [2.45, 2.75) is 31.9 Å². The lowest BCUT2D eigenvalue weighted by atomic mass is 10.1. The van der Waals surface area contributed by atoms with Crippen LogP contribution in [-0.2, 0) is 17.9 Å². The number of hydrogen-bond acceptors (Lipinski definition) is 5. The van der Waals surface area contributed by atoms with Gasteiger partial charge >= 0.3 is 0 Å². The SMILES string of the molecule is c1cc(NC2=Nc3ccc(NCc4ncc[nH]4)cc3CO2)cc(C2CC2)c1. The van der Waals surface area contributed by atoms with Crippen LogP contribution < -0.4 is 10.6 Å². The Labute approximate surface area is 157 Å². The Morgan fingerprint density at radius 1 is 1.11 bits per heavy atom. The third-order valence-electron chi connectivity index (χ3n) is 4.87. The number of aliphatic imine (C=N–C) groups is 1. The third-order valence-corrected chi connectivity index (χ3v) is 4.87. The van der Waals surface area contributed by atoms with Crippen LogP contribution in [0.15, 0.2) is 59.9 Å². The summed E-state index contributed by atoms with van der Waals surface area (Å²) in [5.74, 6) is 1.63. The molecule has 0 atom stereocenters. The molecule has 1 aromatic heterocycles. The number of benzene rings is 2. The number of imidazole rings is 1. The summed E-state index contributed by atoms with van der Waals surface area (Å²) >= 11 is 0. The fourth-order valence-electron chi connectivity index (χ4n) is 3.26. The van der Waals surface area contributed by atoms with E-state index in [9.17, 15) is 0 Å². The first-order chi connectivity index (χ1) is 13.3. The molecule has 1 fully saturated rings. The van der Waals surface area contributed by atoms with Crippen molar-refractivity contribution in [2.24, 2.45) is 4.99 Å². The zero-order valence-corrected chi connectivity index (χ0v) is 14.9. The van der Waals surface area contributed by atoms with Gasteiger partial charge in [0, 0.05) is 29.3 Å². The lowest BCUT2D eigenvalue weighted by Crippen LogP contribution is -2.19. The van der Waals surface area contributed by atoms with Crippen molar-refractivity contribution < 1.29 is 4.74 Å². The Kier molecular flexibility index (Phi) is 4.01. The number of aromatic amines is 1. The maximum absolute atomic E-state index is 5.82. The van der Waals surface area contributed by atoms with Gasteiger partial charge in [-0.05, 0) is 54.7 Å². The van der Waals surface area contributed by atoms with Gasteiger partial charge in [0.05, 0.1) is 12.2 Å². The van der Waals surface area contributed by atoms with E-state index in [4.69, 9.17) is 4.74 Å². The van der Waals surface area contributed by atoms with Crippen molar-refractivity contribution >= 4 is 23.1 Å². The lowest BCUT2D eigenvalue weighted by molar-refractivity contribution is 0.286. The molecule has 0 radical (unpaired) electrons. The standard InChI is InChI=1S/C21H21N5O/c1-2-15(14-4-5-14)10-18(3-1)25-21-26-19-7-6-17(11-16(19)13-27-21)24-12-20-22-8-9-23-20/h1-3,6-11,14,24H,4-5,12-13H2,(H,22,23)(H,25,26). The average Bonchev–Trinajstić information content (AvgIpc) is 3.42. The molecule has 1 aliphatic carbocycles. The summed E-state index contributed by atoms with van der Waals surface area (Å²) in [7, 11) is 0. The summed E-state index contributed by atoms with van der Waals surface area (Å²) in [4.78, 5) is 11.9. The largest absolute Gasteiger partial charge is 0.460 e. The normalized spacial score (nSPS) is 15.5. The summed E-state index contributed by atoms with van der Waals surface area (Å²) in [6.45, 7) is 1.15. The van der Waals surface area contributed by atoms with Gasteiger partial charge in [-0.1, -0.05) is 12.1 Å². The number of rotatable bonds is 5. The maximum Gasteiger partial charge on any atom is 0.294 e. The van der Waals surface area contributed by atoms with Gasteiger partial charge in [-0.2, -0.15) is 4.99 Å². The smallest absolute Gasteiger partial charge is 0.294 e. The predicted molar refractivity (Wildman–Crippen MR) is 106 cm³/mol. The Morgan fingerprint density at radius 2 is 2.07 bits per heavy atom. The predicted octanol–water partition coefficient (Wildman–Crippen LogP) is 4.53. The average molecular weight is 359 g/mol. The molecule has 136 valence electrons. The highest BCUT2D eigenvalue weighted by molar-refractivity contribution is 5.92. The first kappa shape index (κ1) is 15.9. The number of H-pyrrole nitrogens is 1. The Hall–Kier alpha value is -3.28. The molecule has 0 spiro atoms. The minimum Gasteiger partial charge on any atom is -0.460 e. The molecule has 6 heteroatoms. The van der Waals surface area contributed by atoms with Crippen LogP contribution in [0.1, 0.15) is 35.7 Å². The molecule has 2 aromatic carbocycles. The van der Waals surface area contributed by atoms with Crippen molar-refractivity contribution in [1.82, 2.24) is 9.97 Å². The molecule has 1 aliphatic heterocycles. The molecule has 27 heavy (non-hydrogen) atoms. The molecular weight excluding hydrogens is 338 g/mol. The highest BCUT2D eigenvalue weighted by Gasteiger charge is 2.23. The lowest BCUT2D eigenvalue weighted by Gasteiger charge is -2.19. The summed E-state index contributed by atoms with van der Waals surface area (Å²) < 4.78 is 5.82. The Bertz CT molecular complexity index is 976. The highest BCUT2D eigenvalue weighted by Crippen LogP contribution is 2.40. The van der Waals surface area contributed by atoms with Gasteiger partial charge in [0.2, 0.25) is 0 Å². The van der Waals surface area contributed by atoms with Gasteiger partial charge < -0.3 is 20.4 Å². The van der Waals surface area contributed by atoms with E-state index in [1.807, 2.05) is 18.3 Å². The maximum atomic E-state index is 5.82. The van der Waals surface area contributed by atoms with Crippen LogP contribution in [0.3, 0.4) is 0 Å². The van der Waals surface area contributed by atoms with E-state index in [1.165, 1.54) is 18.4 Å². The molecule has 0 amide bonds. The number of hydrogen-bond donors (Lipinski definition) is 3. The molecule has 0 saturated heterocycles. The van der Waals surface area contributed by atoms with Crippen LogP contribution in [0.5, 0.6) is 0 Å². The van der Waals surface area contributed by atoms with Crippen LogP contribution >= 0.6 is 0 Å². The van der Waals surface area contributed by atoms with Crippen molar-refractivity contribution in [2.75, 3.05) is 10.6 Å². The molecule has 3 N–H and O–H groups in total. The van der Waals surface area contributed by atoms with E-state index < -0.39 is 0 Å². The molecule has 5 rings (SSSR count). The first-order valence-electron chi connectivity index (χ1n) is 9.27. The number of amidine groups is 1. The molecule has 2 aliphatic rings. The number of anilines is 2. The van der Waals surface area contributed by atoms with Crippen LogP contribution in [0.25, 0.3) is 0 Å².